The van der Waals surface area contributed by atoms with Crippen LogP contribution in [0.25, 0.3) is 10.9 Å². The summed E-state index contributed by atoms with van der Waals surface area (Å²) in [4.78, 5) is 17.8. The lowest BCUT2D eigenvalue weighted by molar-refractivity contribution is -0.383. The molecule has 0 saturated heterocycles. The molecule has 10 heteroatoms. The molecule has 0 amide bonds. The highest BCUT2D eigenvalue weighted by molar-refractivity contribution is 5.90. The van der Waals surface area contributed by atoms with Gasteiger partial charge in [-0.3, -0.25) is 10.1 Å². The number of aromatic nitrogens is 2. The molecule has 0 unspecified atom stereocenters. The molecule has 0 atom stereocenters. The van der Waals surface area contributed by atoms with Crippen LogP contribution in [0.3, 0.4) is 0 Å². The van der Waals surface area contributed by atoms with Gasteiger partial charge in [0.2, 0.25) is 5.88 Å². The van der Waals surface area contributed by atoms with Gasteiger partial charge in [-0.1, -0.05) is 6.07 Å². The predicted octanol–water partition coefficient (Wildman–Crippen LogP) is 4.49. The SMILES string of the molecule is O=[N+]([O-])c1cccc2c(Oc3cc(C(F)(F)F)ccc3F)ncnc12. The van der Waals surface area contributed by atoms with Crippen LogP contribution in [-0.2, 0) is 6.18 Å². The Morgan fingerprint density at radius 2 is 1.88 bits per heavy atom. The maximum absolute atomic E-state index is 13.8. The maximum Gasteiger partial charge on any atom is 0.416 e. The first kappa shape index (κ1) is 16.6. The lowest BCUT2D eigenvalue weighted by Crippen LogP contribution is -2.05. The fourth-order valence-electron chi connectivity index (χ4n) is 2.14. The average Bonchev–Trinajstić information content (AvgIpc) is 2.55. The molecule has 0 radical (unpaired) electrons. The Morgan fingerprint density at radius 3 is 2.56 bits per heavy atom. The van der Waals surface area contributed by atoms with Crippen LogP contribution in [0.5, 0.6) is 11.6 Å². The second-order valence-electron chi connectivity index (χ2n) is 4.85. The molecular weight excluding hydrogens is 346 g/mol. The molecule has 0 saturated carbocycles. The summed E-state index contributed by atoms with van der Waals surface area (Å²) in [5, 5.41) is 11.1. The Bertz CT molecular complexity index is 976. The molecule has 3 rings (SSSR count). The summed E-state index contributed by atoms with van der Waals surface area (Å²) < 4.78 is 57.2. The number of ether oxygens (including phenoxy) is 1. The van der Waals surface area contributed by atoms with Crippen molar-refractivity contribution >= 4 is 16.6 Å². The number of nitrogens with zero attached hydrogens (tertiary/aromatic N) is 3. The van der Waals surface area contributed by atoms with E-state index in [2.05, 4.69) is 9.97 Å². The highest BCUT2D eigenvalue weighted by Gasteiger charge is 2.31. The van der Waals surface area contributed by atoms with Gasteiger partial charge in [-0.15, -0.1) is 0 Å². The summed E-state index contributed by atoms with van der Waals surface area (Å²) in [5.41, 5.74) is -1.52. The van der Waals surface area contributed by atoms with Gasteiger partial charge in [-0.05, 0) is 24.3 Å². The maximum atomic E-state index is 13.8. The predicted molar refractivity (Wildman–Crippen MR) is 77.7 cm³/mol. The number of hydrogen-bond donors (Lipinski definition) is 0. The van der Waals surface area contributed by atoms with Gasteiger partial charge in [-0.25, -0.2) is 14.4 Å². The van der Waals surface area contributed by atoms with Crippen molar-refractivity contribution in [2.24, 2.45) is 0 Å². The molecule has 0 fully saturated rings. The fourth-order valence-corrected chi connectivity index (χ4v) is 2.14. The highest BCUT2D eigenvalue weighted by Crippen LogP contribution is 2.36. The Balaban J connectivity index is 2.10. The summed E-state index contributed by atoms with van der Waals surface area (Å²) in [7, 11) is 0. The normalized spacial score (nSPS) is 11.5. The van der Waals surface area contributed by atoms with Crippen molar-refractivity contribution in [3.8, 4) is 11.6 Å². The van der Waals surface area contributed by atoms with Crippen LogP contribution in [-0.4, -0.2) is 14.9 Å². The summed E-state index contributed by atoms with van der Waals surface area (Å²) >= 11 is 0. The Kier molecular flexibility index (Phi) is 3.95. The molecule has 0 aliphatic heterocycles. The molecule has 0 aliphatic carbocycles. The number of para-hydroxylation sites is 1. The van der Waals surface area contributed by atoms with Crippen LogP contribution in [0.1, 0.15) is 5.56 Å². The zero-order valence-electron chi connectivity index (χ0n) is 12.1. The van der Waals surface area contributed by atoms with Crippen LogP contribution in [0.2, 0.25) is 0 Å². The lowest BCUT2D eigenvalue weighted by atomic mass is 10.2. The quantitative estimate of drug-likeness (QED) is 0.394. The summed E-state index contributed by atoms with van der Waals surface area (Å²) in [6.07, 6.45) is -3.74. The zero-order chi connectivity index (χ0) is 18.2. The molecule has 0 bridgehead atoms. The summed E-state index contributed by atoms with van der Waals surface area (Å²) in [6, 6.07) is 5.59. The Hall–Kier alpha value is -3.30. The van der Waals surface area contributed by atoms with E-state index in [4.69, 9.17) is 4.74 Å². The second kappa shape index (κ2) is 5.96. The average molecular weight is 353 g/mol. The van der Waals surface area contributed by atoms with Crippen molar-refractivity contribution in [1.29, 1.82) is 0 Å². The summed E-state index contributed by atoms with van der Waals surface area (Å²) in [5.74, 6) is -2.04. The number of halogens is 4. The van der Waals surface area contributed by atoms with Gasteiger partial charge >= 0.3 is 6.18 Å². The topological polar surface area (TPSA) is 78.2 Å². The van der Waals surface area contributed by atoms with E-state index in [-0.39, 0.29) is 22.5 Å². The monoisotopic (exact) mass is 353 g/mol. The van der Waals surface area contributed by atoms with Crippen LogP contribution in [0.4, 0.5) is 23.2 Å². The van der Waals surface area contributed by atoms with Crippen LogP contribution in [0, 0.1) is 15.9 Å². The number of alkyl halides is 3. The van der Waals surface area contributed by atoms with Gasteiger partial charge in [-0.2, -0.15) is 13.2 Å². The van der Waals surface area contributed by atoms with Crippen molar-refractivity contribution in [1.82, 2.24) is 9.97 Å². The van der Waals surface area contributed by atoms with E-state index >= 15 is 0 Å². The molecule has 25 heavy (non-hydrogen) atoms. The zero-order valence-corrected chi connectivity index (χ0v) is 12.1. The van der Waals surface area contributed by atoms with E-state index in [1.54, 1.807) is 0 Å². The van der Waals surface area contributed by atoms with E-state index in [1.165, 1.54) is 18.2 Å². The molecular formula is C15H7F4N3O3. The van der Waals surface area contributed by atoms with Gasteiger partial charge < -0.3 is 4.74 Å². The molecule has 0 aliphatic rings. The van der Waals surface area contributed by atoms with Crippen molar-refractivity contribution in [2.75, 3.05) is 0 Å². The summed E-state index contributed by atoms with van der Waals surface area (Å²) in [6.45, 7) is 0. The number of nitro benzene ring substituents is 1. The van der Waals surface area contributed by atoms with E-state index in [0.29, 0.717) is 18.2 Å². The highest BCUT2D eigenvalue weighted by atomic mass is 19.4. The standard InChI is InChI=1S/C15H7F4N3O3/c16-10-5-4-8(15(17,18)19)6-12(10)25-14-9-2-1-3-11(22(23)24)13(9)20-7-21-14/h1-7H. The fraction of sp³-hybridized carbons (Fsp3) is 0.0667. The number of rotatable bonds is 3. The van der Waals surface area contributed by atoms with Crippen LogP contribution >= 0.6 is 0 Å². The van der Waals surface area contributed by atoms with Gasteiger partial charge in [0.15, 0.2) is 17.1 Å². The molecule has 2 aromatic carbocycles. The van der Waals surface area contributed by atoms with Crippen molar-refractivity contribution in [2.45, 2.75) is 6.18 Å². The van der Waals surface area contributed by atoms with Crippen molar-refractivity contribution in [3.63, 3.8) is 0 Å². The number of fused-ring (bicyclic) bond motifs is 1. The van der Waals surface area contributed by atoms with E-state index in [9.17, 15) is 27.7 Å². The minimum atomic E-state index is -4.68. The van der Waals surface area contributed by atoms with Crippen molar-refractivity contribution in [3.05, 3.63) is 64.2 Å². The van der Waals surface area contributed by atoms with Crippen molar-refractivity contribution < 1.29 is 27.2 Å². The first-order valence-electron chi connectivity index (χ1n) is 6.70. The molecule has 1 heterocycles. The van der Waals surface area contributed by atoms with E-state index in [1.807, 2.05) is 0 Å². The minimum absolute atomic E-state index is 0.0634. The third-order valence-corrected chi connectivity index (χ3v) is 3.27. The number of hydrogen-bond acceptors (Lipinski definition) is 5. The molecule has 0 spiro atoms. The molecule has 1 aromatic heterocycles. The number of benzene rings is 2. The molecule has 0 N–H and O–H groups in total. The number of nitro groups is 1. The van der Waals surface area contributed by atoms with Crippen LogP contribution in [0.15, 0.2) is 42.7 Å². The van der Waals surface area contributed by atoms with Crippen LogP contribution < -0.4 is 4.74 Å². The third-order valence-electron chi connectivity index (χ3n) is 3.27. The largest absolute Gasteiger partial charge is 0.435 e. The number of non-ortho nitro benzene ring substituents is 1. The third kappa shape index (κ3) is 3.18. The first-order chi connectivity index (χ1) is 11.8. The van der Waals surface area contributed by atoms with Gasteiger partial charge in [0, 0.05) is 6.07 Å². The molecule has 3 aromatic rings. The van der Waals surface area contributed by atoms with E-state index in [0.717, 1.165) is 6.33 Å². The molecule has 128 valence electrons. The van der Waals surface area contributed by atoms with Gasteiger partial charge in [0.05, 0.1) is 15.9 Å². The smallest absolute Gasteiger partial charge is 0.416 e. The second-order valence-corrected chi connectivity index (χ2v) is 4.85. The van der Waals surface area contributed by atoms with Gasteiger partial charge in [0.1, 0.15) is 6.33 Å². The van der Waals surface area contributed by atoms with Gasteiger partial charge in [0.25, 0.3) is 5.69 Å². The Morgan fingerprint density at radius 1 is 1.12 bits per heavy atom. The minimum Gasteiger partial charge on any atom is -0.435 e. The Labute approximate surface area is 136 Å². The molecule has 6 nitrogen and oxygen atoms in total. The lowest BCUT2D eigenvalue weighted by Gasteiger charge is -2.11. The van der Waals surface area contributed by atoms with E-state index < -0.39 is 28.2 Å². The first-order valence-corrected chi connectivity index (χ1v) is 6.70.